The monoisotopic (exact) mass is 255 g/mol. The number of phenolic OH excluding ortho intramolecular Hbond substituents is 1. The van der Waals surface area contributed by atoms with Crippen molar-refractivity contribution in [2.75, 3.05) is 0 Å². The van der Waals surface area contributed by atoms with E-state index in [9.17, 15) is 14.3 Å². The van der Waals surface area contributed by atoms with Crippen LogP contribution >= 0.6 is 0 Å². The molecule has 0 spiro atoms. The third-order valence-corrected chi connectivity index (χ3v) is 2.93. The second-order valence-corrected chi connectivity index (χ2v) is 4.51. The average molecular weight is 255 g/mol. The minimum Gasteiger partial charge on any atom is -0.508 e. The molecule has 100 valence electrons. The van der Waals surface area contributed by atoms with Gasteiger partial charge < -0.3 is 10.2 Å². The van der Waals surface area contributed by atoms with Crippen molar-refractivity contribution < 1.29 is 19.4 Å². The summed E-state index contributed by atoms with van der Waals surface area (Å²) >= 11 is 0. The number of carbonyl (C=O) groups is 1. The van der Waals surface area contributed by atoms with Crippen molar-refractivity contribution >= 4 is 5.97 Å². The Morgan fingerprint density at radius 2 is 2.17 bits per heavy atom. The molecule has 1 aromatic rings. The van der Waals surface area contributed by atoms with E-state index in [1.165, 1.54) is 12.1 Å². The molecule has 0 aromatic heterocycles. The molecular formula is C13H18FNO3. The first kappa shape index (κ1) is 14.4. The Morgan fingerprint density at radius 3 is 2.72 bits per heavy atom. The number of phenols is 1. The van der Waals surface area contributed by atoms with Crippen LogP contribution in [0, 0.1) is 5.82 Å². The molecule has 1 rings (SSSR count). The van der Waals surface area contributed by atoms with Crippen molar-refractivity contribution in [3.05, 3.63) is 29.6 Å². The highest BCUT2D eigenvalue weighted by Gasteiger charge is 2.31. The zero-order chi connectivity index (χ0) is 13.8. The van der Waals surface area contributed by atoms with E-state index in [0.29, 0.717) is 18.4 Å². The van der Waals surface area contributed by atoms with Crippen LogP contribution in [0.4, 0.5) is 4.39 Å². The van der Waals surface area contributed by atoms with Gasteiger partial charge in [-0.15, -0.1) is 0 Å². The number of rotatable bonds is 6. The number of hydrogen-bond donors (Lipinski definition) is 3. The topological polar surface area (TPSA) is 69.6 Å². The van der Waals surface area contributed by atoms with Crippen molar-refractivity contribution in [1.82, 2.24) is 5.32 Å². The van der Waals surface area contributed by atoms with Crippen molar-refractivity contribution in [1.29, 1.82) is 0 Å². The summed E-state index contributed by atoms with van der Waals surface area (Å²) in [6.07, 6.45) is 1.17. The number of hydrogen-bond acceptors (Lipinski definition) is 3. The van der Waals surface area contributed by atoms with Gasteiger partial charge in [0.15, 0.2) is 0 Å². The fourth-order valence-electron chi connectivity index (χ4n) is 1.76. The first-order valence-corrected chi connectivity index (χ1v) is 5.85. The molecule has 4 nitrogen and oxygen atoms in total. The smallest absolute Gasteiger partial charge is 0.323 e. The largest absolute Gasteiger partial charge is 0.508 e. The molecule has 0 aliphatic rings. The van der Waals surface area contributed by atoms with Crippen LogP contribution in [-0.4, -0.2) is 21.7 Å². The van der Waals surface area contributed by atoms with E-state index >= 15 is 0 Å². The fraction of sp³-hybridized carbons (Fsp3) is 0.462. The van der Waals surface area contributed by atoms with Gasteiger partial charge in [0.2, 0.25) is 0 Å². The quantitative estimate of drug-likeness (QED) is 0.729. The standard InChI is InChI=1S/C13H18FNO3/c1-3-6-13(2,12(17)18)15-8-9-7-10(14)4-5-11(9)16/h4-5,7,15-16H,3,6,8H2,1-2H3,(H,17,18). The first-order valence-electron chi connectivity index (χ1n) is 5.85. The zero-order valence-electron chi connectivity index (χ0n) is 10.5. The molecule has 0 radical (unpaired) electrons. The van der Waals surface area contributed by atoms with Gasteiger partial charge in [0, 0.05) is 12.1 Å². The van der Waals surface area contributed by atoms with Crippen LogP contribution in [0.25, 0.3) is 0 Å². The summed E-state index contributed by atoms with van der Waals surface area (Å²) in [7, 11) is 0. The van der Waals surface area contributed by atoms with Gasteiger partial charge in [0.1, 0.15) is 17.1 Å². The van der Waals surface area contributed by atoms with Gasteiger partial charge in [-0.2, -0.15) is 0 Å². The Kier molecular flexibility index (Phi) is 4.67. The van der Waals surface area contributed by atoms with E-state index in [2.05, 4.69) is 5.32 Å². The highest BCUT2D eigenvalue weighted by atomic mass is 19.1. The lowest BCUT2D eigenvalue weighted by molar-refractivity contribution is -0.144. The highest BCUT2D eigenvalue weighted by molar-refractivity contribution is 5.78. The summed E-state index contributed by atoms with van der Waals surface area (Å²) in [6, 6.07) is 3.60. The summed E-state index contributed by atoms with van der Waals surface area (Å²) in [4.78, 5) is 11.2. The lowest BCUT2D eigenvalue weighted by Gasteiger charge is -2.26. The van der Waals surface area contributed by atoms with E-state index in [1.54, 1.807) is 6.92 Å². The molecule has 1 aromatic carbocycles. The molecule has 0 amide bonds. The van der Waals surface area contributed by atoms with Crippen LogP contribution in [0.2, 0.25) is 0 Å². The summed E-state index contributed by atoms with van der Waals surface area (Å²) in [5.74, 6) is -1.47. The summed E-state index contributed by atoms with van der Waals surface area (Å²) < 4.78 is 13.0. The Bertz CT molecular complexity index is 436. The van der Waals surface area contributed by atoms with Crippen LogP contribution in [0.5, 0.6) is 5.75 Å². The maximum Gasteiger partial charge on any atom is 0.323 e. The molecule has 18 heavy (non-hydrogen) atoms. The predicted octanol–water partition coefficient (Wildman–Crippen LogP) is 2.26. The molecular weight excluding hydrogens is 237 g/mol. The molecule has 0 saturated carbocycles. The molecule has 0 fully saturated rings. The van der Waals surface area contributed by atoms with E-state index in [-0.39, 0.29) is 12.3 Å². The van der Waals surface area contributed by atoms with Crippen LogP contribution in [0.1, 0.15) is 32.3 Å². The number of nitrogens with one attached hydrogen (secondary N) is 1. The van der Waals surface area contributed by atoms with Crippen LogP contribution in [0.15, 0.2) is 18.2 Å². The zero-order valence-corrected chi connectivity index (χ0v) is 10.5. The van der Waals surface area contributed by atoms with Crippen molar-refractivity contribution in [3.63, 3.8) is 0 Å². The average Bonchev–Trinajstić information content (AvgIpc) is 2.30. The Morgan fingerprint density at radius 1 is 1.50 bits per heavy atom. The molecule has 0 aliphatic heterocycles. The summed E-state index contributed by atoms with van der Waals surface area (Å²) in [5, 5.41) is 21.6. The second-order valence-electron chi connectivity index (χ2n) is 4.51. The van der Waals surface area contributed by atoms with E-state index in [4.69, 9.17) is 5.11 Å². The summed E-state index contributed by atoms with van der Waals surface area (Å²) in [6.45, 7) is 3.57. The third-order valence-electron chi connectivity index (χ3n) is 2.93. The minimum absolute atomic E-state index is 0.0480. The normalized spacial score (nSPS) is 14.2. The molecule has 0 heterocycles. The Balaban J connectivity index is 2.79. The predicted molar refractivity (Wildman–Crippen MR) is 65.9 cm³/mol. The molecule has 0 aliphatic carbocycles. The number of aliphatic carboxylic acids is 1. The lowest BCUT2D eigenvalue weighted by atomic mass is 9.96. The van der Waals surface area contributed by atoms with Crippen LogP contribution < -0.4 is 5.32 Å². The lowest BCUT2D eigenvalue weighted by Crippen LogP contribution is -2.48. The highest BCUT2D eigenvalue weighted by Crippen LogP contribution is 2.20. The van der Waals surface area contributed by atoms with Gasteiger partial charge in [-0.1, -0.05) is 13.3 Å². The Hall–Kier alpha value is -1.62. The number of halogens is 1. The van der Waals surface area contributed by atoms with E-state index in [1.807, 2.05) is 6.92 Å². The maximum absolute atomic E-state index is 13.0. The SMILES string of the molecule is CCCC(C)(NCc1cc(F)ccc1O)C(=O)O. The number of carboxylic acids is 1. The molecule has 3 N–H and O–H groups in total. The molecule has 0 saturated heterocycles. The van der Waals surface area contributed by atoms with E-state index < -0.39 is 17.3 Å². The molecule has 5 heteroatoms. The number of aromatic hydroxyl groups is 1. The molecule has 1 atom stereocenters. The van der Waals surface area contributed by atoms with Crippen molar-refractivity contribution in [3.8, 4) is 5.75 Å². The summed E-state index contributed by atoms with van der Waals surface area (Å²) in [5.41, 5.74) is -0.730. The number of carboxylic acid groups (broad SMARTS) is 1. The van der Waals surface area contributed by atoms with Gasteiger partial charge >= 0.3 is 5.97 Å². The fourth-order valence-corrected chi connectivity index (χ4v) is 1.76. The van der Waals surface area contributed by atoms with Crippen molar-refractivity contribution in [2.45, 2.75) is 38.8 Å². The minimum atomic E-state index is -1.08. The Labute approximate surface area is 105 Å². The molecule has 1 unspecified atom stereocenters. The number of benzene rings is 1. The van der Waals surface area contributed by atoms with Gasteiger partial charge in [-0.05, 0) is 31.5 Å². The van der Waals surface area contributed by atoms with Crippen LogP contribution in [0.3, 0.4) is 0 Å². The first-order chi connectivity index (χ1) is 8.39. The maximum atomic E-state index is 13.0. The van der Waals surface area contributed by atoms with Gasteiger partial charge in [-0.25, -0.2) is 4.39 Å². The van der Waals surface area contributed by atoms with Gasteiger partial charge in [0.25, 0.3) is 0 Å². The van der Waals surface area contributed by atoms with Gasteiger partial charge in [-0.3, -0.25) is 10.1 Å². The molecule has 0 bridgehead atoms. The van der Waals surface area contributed by atoms with E-state index in [0.717, 1.165) is 6.07 Å². The second kappa shape index (κ2) is 5.82. The van der Waals surface area contributed by atoms with Gasteiger partial charge in [0.05, 0.1) is 0 Å². The van der Waals surface area contributed by atoms with Crippen LogP contribution in [-0.2, 0) is 11.3 Å². The van der Waals surface area contributed by atoms with Crippen molar-refractivity contribution in [2.24, 2.45) is 0 Å². The third kappa shape index (κ3) is 3.43.